The van der Waals surface area contributed by atoms with Gasteiger partial charge in [0.1, 0.15) is 16.8 Å². The standard InChI is InChI=1S/C21H12FN7OS/c22-17-4-3-16(31-17)12-8-24-9-15-18(12)27-21(26-15)20-19-14(28-29-20)2-1-13(25-19)10-5-11(30)7-23-6-10/h1-9,30H,(H,26,27)(H,28,29). The van der Waals surface area contributed by atoms with E-state index >= 15 is 0 Å². The maximum absolute atomic E-state index is 13.5. The lowest BCUT2D eigenvalue weighted by molar-refractivity contribution is 0.473. The number of imidazole rings is 1. The Bertz CT molecular complexity index is 1590. The normalized spacial score (nSPS) is 11.5. The van der Waals surface area contributed by atoms with Crippen molar-refractivity contribution < 1.29 is 9.50 Å². The number of aromatic amines is 2. The van der Waals surface area contributed by atoms with E-state index in [0.29, 0.717) is 39.3 Å². The maximum Gasteiger partial charge on any atom is 0.176 e. The molecule has 0 radical (unpaired) electrons. The smallest absolute Gasteiger partial charge is 0.176 e. The van der Waals surface area contributed by atoms with Crippen LogP contribution in [0.5, 0.6) is 5.75 Å². The van der Waals surface area contributed by atoms with Crippen molar-refractivity contribution in [2.45, 2.75) is 0 Å². The van der Waals surface area contributed by atoms with Crippen molar-refractivity contribution in [2.24, 2.45) is 0 Å². The molecule has 6 aromatic heterocycles. The molecular formula is C21H12FN7OS. The molecule has 0 aliphatic carbocycles. The quantitative estimate of drug-likeness (QED) is 0.381. The number of rotatable bonds is 3. The van der Waals surface area contributed by atoms with Gasteiger partial charge in [0.25, 0.3) is 0 Å². The molecule has 6 heterocycles. The summed E-state index contributed by atoms with van der Waals surface area (Å²) in [6.45, 7) is 0. The van der Waals surface area contributed by atoms with Crippen molar-refractivity contribution in [3.63, 3.8) is 0 Å². The Morgan fingerprint density at radius 2 is 1.81 bits per heavy atom. The van der Waals surface area contributed by atoms with Crippen molar-refractivity contribution >= 4 is 33.4 Å². The molecule has 0 saturated heterocycles. The zero-order chi connectivity index (χ0) is 20.9. The molecule has 0 atom stereocenters. The highest BCUT2D eigenvalue weighted by molar-refractivity contribution is 7.14. The third-order valence-electron chi connectivity index (χ3n) is 4.88. The Hall–Kier alpha value is -4.18. The van der Waals surface area contributed by atoms with Crippen LogP contribution >= 0.6 is 11.3 Å². The number of aromatic nitrogens is 7. The number of aromatic hydroxyl groups is 1. The number of hydrogen-bond acceptors (Lipinski definition) is 7. The summed E-state index contributed by atoms with van der Waals surface area (Å²) in [6.07, 6.45) is 6.34. The van der Waals surface area contributed by atoms with E-state index < -0.39 is 0 Å². The Kier molecular flexibility index (Phi) is 3.80. The van der Waals surface area contributed by atoms with Crippen LogP contribution in [0.15, 0.2) is 55.1 Å². The lowest BCUT2D eigenvalue weighted by atomic mass is 10.1. The van der Waals surface area contributed by atoms with E-state index in [9.17, 15) is 9.50 Å². The van der Waals surface area contributed by atoms with Crippen LogP contribution < -0.4 is 0 Å². The van der Waals surface area contributed by atoms with E-state index in [1.807, 2.05) is 12.1 Å². The van der Waals surface area contributed by atoms with E-state index in [1.165, 1.54) is 12.3 Å². The van der Waals surface area contributed by atoms with Crippen molar-refractivity contribution in [3.8, 4) is 39.0 Å². The molecule has 0 spiro atoms. The average Bonchev–Trinajstić information content (AvgIpc) is 3.50. The van der Waals surface area contributed by atoms with Crippen molar-refractivity contribution in [3.05, 3.63) is 60.3 Å². The molecule has 0 aliphatic rings. The number of pyridine rings is 3. The Morgan fingerprint density at radius 1 is 0.903 bits per heavy atom. The zero-order valence-electron chi connectivity index (χ0n) is 15.7. The first kappa shape index (κ1) is 17.7. The van der Waals surface area contributed by atoms with Crippen LogP contribution in [-0.2, 0) is 0 Å². The van der Waals surface area contributed by atoms with Gasteiger partial charge in [-0.3, -0.25) is 15.1 Å². The van der Waals surface area contributed by atoms with Gasteiger partial charge in [-0.25, -0.2) is 9.97 Å². The molecule has 150 valence electrons. The highest BCUT2D eigenvalue weighted by atomic mass is 32.1. The molecule has 0 aromatic carbocycles. The zero-order valence-corrected chi connectivity index (χ0v) is 16.5. The summed E-state index contributed by atoms with van der Waals surface area (Å²) < 4.78 is 13.5. The summed E-state index contributed by atoms with van der Waals surface area (Å²) in [5.41, 5.74) is 5.37. The molecular weight excluding hydrogens is 417 g/mol. The summed E-state index contributed by atoms with van der Waals surface area (Å²) in [5.74, 6) is 0.584. The van der Waals surface area contributed by atoms with Gasteiger partial charge in [0, 0.05) is 28.4 Å². The summed E-state index contributed by atoms with van der Waals surface area (Å²) in [7, 11) is 0. The van der Waals surface area contributed by atoms with Gasteiger partial charge in [-0.2, -0.15) is 9.49 Å². The van der Waals surface area contributed by atoms with Crippen LogP contribution in [0.1, 0.15) is 0 Å². The molecule has 0 bridgehead atoms. The molecule has 0 amide bonds. The number of thiophene rings is 1. The van der Waals surface area contributed by atoms with Gasteiger partial charge < -0.3 is 10.1 Å². The highest BCUT2D eigenvalue weighted by Gasteiger charge is 2.18. The third kappa shape index (κ3) is 2.92. The minimum atomic E-state index is -0.265. The monoisotopic (exact) mass is 429 g/mol. The van der Waals surface area contributed by atoms with Crippen LogP contribution in [0.4, 0.5) is 4.39 Å². The fourth-order valence-corrected chi connectivity index (χ4v) is 4.22. The van der Waals surface area contributed by atoms with E-state index in [2.05, 4.69) is 25.1 Å². The van der Waals surface area contributed by atoms with Crippen molar-refractivity contribution in [2.75, 3.05) is 0 Å². The van der Waals surface area contributed by atoms with Crippen LogP contribution in [0.3, 0.4) is 0 Å². The second kappa shape index (κ2) is 6.67. The summed E-state index contributed by atoms with van der Waals surface area (Å²) in [4.78, 5) is 21.7. The highest BCUT2D eigenvalue weighted by Crippen LogP contribution is 2.34. The first-order valence-electron chi connectivity index (χ1n) is 9.25. The molecule has 6 rings (SSSR count). The summed E-state index contributed by atoms with van der Waals surface area (Å²) in [6, 6.07) is 8.43. The fraction of sp³-hybridized carbons (Fsp3) is 0. The Morgan fingerprint density at radius 3 is 2.65 bits per heavy atom. The number of fused-ring (bicyclic) bond motifs is 2. The van der Waals surface area contributed by atoms with Crippen LogP contribution in [0.2, 0.25) is 0 Å². The van der Waals surface area contributed by atoms with Gasteiger partial charge in [0.15, 0.2) is 16.6 Å². The Labute approximate surface area is 177 Å². The molecule has 6 aromatic rings. The molecule has 10 heteroatoms. The summed E-state index contributed by atoms with van der Waals surface area (Å²) >= 11 is 1.04. The number of nitrogens with one attached hydrogen (secondary N) is 2. The van der Waals surface area contributed by atoms with E-state index in [0.717, 1.165) is 27.3 Å². The van der Waals surface area contributed by atoms with E-state index in [1.54, 1.807) is 30.7 Å². The number of hydrogen-bond donors (Lipinski definition) is 3. The molecule has 3 N–H and O–H groups in total. The Balaban J connectivity index is 1.51. The van der Waals surface area contributed by atoms with Gasteiger partial charge in [0.2, 0.25) is 0 Å². The molecule has 8 nitrogen and oxygen atoms in total. The molecule has 0 fully saturated rings. The van der Waals surface area contributed by atoms with Gasteiger partial charge in [-0.1, -0.05) is 0 Å². The van der Waals surface area contributed by atoms with E-state index in [4.69, 9.17) is 9.97 Å². The minimum absolute atomic E-state index is 0.0640. The first-order chi connectivity index (χ1) is 15.2. The second-order valence-corrected chi connectivity index (χ2v) is 7.90. The lowest BCUT2D eigenvalue weighted by Gasteiger charge is -2.01. The fourth-order valence-electron chi connectivity index (χ4n) is 3.48. The van der Waals surface area contributed by atoms with Crippen LogP contribution in [-0.4, -0.2) is 40.2 Å². The minimum Gasteiger partial charge on any atom is -0.506 e. The topological polar surface area (TPSA) is 116 Å². The number of halogens is 1. The summed E-state index contributed by atoms with van der Waals surface area (Å²) in [5, 5.41) is 16.8. The third-order valence-corrected chi connectivity index (χ3v) is 5.79. The number of H-pyrrole nitrogens is 2. The molecule has 0 aliphatic heterocycles. The first-order valence-corrected chi connectivity index (χ1v) is 10.1. The SMILES string of the molecule is Oc1cncc(-c2ccc3[nH]nc(-c4nc5c(-c6ccc(F)s6)cncc5[nH]4)c3n2)c1. The van der Waals surface area contributed by atoms with Gasteiger partial charge in [0.05, 0.1) is 29.1 Å². The van der Waals surface area contributed by atoms with Crippen molar-refractivity contribution in [1.82, 2.24) is 35.1 Å². The lowest BCUT2D eigenvalue weighted by Crippen LogP contribution is -1.87. The van der Waals surface area contributed by atoms with Crippen LogP contribution in [0, 0.1) is 5.13 Å². The predicted molar refractivity (Wildman–Crippen MR) is 115 cm³/mol. The van der Waals surface area contributed by atoms with E-state index in [-0.39, 0.29) is 10.9 Å². The molecule has 0 saturated carbocycles. The average molecular weight is 429 g/mol. The van der Waals surface area contributed by atoms with Gasteiger partial charge >= 0.3 is 0 Å². The predicted octanol–water partition coefficient (Wildman–Crippen LogP) is 4.53. The largest absolute Gasteiger partial charge is 0.506 e. The maximum atomic E-state index is 13.5. The molecule has 0 unspecified atom stereocenters. The second-order valence-electron chi connectivity index (χ2n) is 6.87. The van der Waals surface area contributed by atoms with Gasteiger partial charge in [-0.05, 0) is 30.3 Å². The number of nitrogens with zero attached hydrogens (tertiary/aromatic N) is 5. The molecule has 31 heavy (non-hydrogen) atoms. The van der Waals surface area contributed by atoms with Crippen LogP contribution in [0.25, 0.3) is 55.3 Å². The van der Waals surface area contributed by atoms with Crippen molar-refractivity contribution in [1.29, 1.82) is 0 Å². The van der Waals surface area contributed by atoms with Gasteiger partial charge in [-0.15, -0.1) is 11.3 Å².